The van der Waals surface area contributed by atoms with E-state index in [4.69, 9.17) is 4.74 Å². The summed E-state index contributed by atoms with van der Waals surface area (Å²) in [6.07, 6.45) is 0.165. The van der Waals surface area contributed by atoms with Crippen LogP contribution >= 0.6 is 0 Å². The minimum Gasteiger partial charge on any atom is -0.387 e. The third kappa shape index (κ3) is 6.41. The first kappa shape index (κ1) is 17.0. The number of rotatable bonds is 9. The van der Waals surface area contributed by atoms with Gasteiger partial charge in [-0.15, -0.1) is 0 Å². The molecule has 0 amide bonds. The fourth-order valence-electron chi connectivity index (χ4n) is 1.64. The van der Waals surface area contributed by atoms with Crippen molar-refractivity contribution in [3.8, 4) is 0 Å². The van der Waals surface area contributed by atoms with Gasteiger partial charge in [0.2, 0.25) is 0 Å². The summed E-state index contributed by atoms with van der Waals surface area (Å²) < 4.78 is 31.2. The molecule has 20 heavy (non-hydrogen) atoms. The van der Waals surface area contributed by atoms with Gasteiger partial charge in [0.25, 0.3) is 0 Å². The minimum atomic E-state index is -0.946. The van der Waals surface area contributed by atoms with Gasteiger partial charge in [-0.2, -0.15) is 0 Å². The Morgan fingerprint density at radius 3 is 2.60 bits per heavy atom. The Kier molecular flexibility index (Phi) is 7.65. The fraction of sp³-hybridized carbons (Fsp3) is 0.600. The molecule has 3 nitrogen and oxygen atoms in total. The highest BCUT2D eigenvalue weighted by molar-refractivity contribution is 5.20. The second-order valence-electron chi connectivity index (χ2n) is 5.19. The first-order valence-corrected chi connectivity index (χ1v) is 6.92. The smallest absolute Gasteiger partial charge is 0.159 e. The van der Waals surface area contributed by atoms with Gasteiger partial charge in [0.15, 0.2) is 11.6 Å². The van der Waals surface area contributed by atoms with Gasteiger partial charge < -0.3 is 15.2 Å². The predicted octanol–water partition coefficient (Wildman–Crippen LogP) is 2.65. The standard InChI is InChI=1S/C15H23F2NO2/c1-11(2)5-7-20-8-6-18-10-15(19)12-3-4-13(16)14(17)9-12/h3-4,9,11,15,18-19H,5-8,10H2,1-2H3. The van der Waals surface area contributed by atoms with Crippen LogP contribution in [0.25, 0.3) is 0 Å². The molecule has 2 N–H and O–H groups in total. The Balaban J connectivity index is 2.16. The van der Waals surface area contributed by atoms with Gasteiger partial charge in [-0.05, 0) is 30.0 Å². The van der Waals surface area contributed by atoms with Crippen molar-refractivity contribution >= 4 is 0 Å². The fourth-order valence-corrected chi connectivity index (χ4v) is 1.64. The van der Waals surface area contributed by atoms with Crippen LogP contribution in [-0.2, 0) is 4.74 Å². The number of halogens is 2. The summed E-state index contributed by atoms with van der Waals surface area (Å²) >= 11 is 0. The summed E-state index contributed by atoms with van der Waals surface area (Å²) in [6.45, 7) is 6.46. The van der Waals surface area contributed by atoms with Crippen molar-refractivity contribution in [1.82, 2.24) is 5.32 Å². The number of hydrogen-bond acceptors (Lipinski definition) is 3. The number of nitrogens with one attached hydrogen (secondary N) is 1. The normalized spacial score (nSPS) is 12.9. The monoisotopic (exact) mass is 287 g/mol. The number of aliphatic hydroxyl groups excluding tert-OH is 1. The van der Waals surface area contributed by atoms with E-state index in [-0.39, 0.29) is 6.54 Å². The molecule has 0 saturated carbocycles. The third-order valence-electron chi connectivity index (χ3n) is 2.93. The second-order valence-corrected chi connectivity index (χ2v) is 5.19. The van der Waals surface area contributed by atoms with E-state index in [1.54, 1.807) is 0 Å². The van der Waals surface area contributed by atoms with Crippen molar-refractivity contribution < 1.29 is 18.6 Å². The SMILES string of the molecule is CC(C)CCOCCNCC(O)c1ccc(F)c(F)c1. The minimum absolute atomic E-state index is 0.276. The number of aliphatic hydroxyl groups is 1. The highest BCUT2D eigenvalue weighted by Gasteiger charge is 2.10. The highest BCUT2D eigenvalue weighted by Crippen LogP contribution is 2.15. The highest BCUT2D eigenvalue weighted by atomic mass is 19.2. The molecule has 0 spiro atoms. The zero-order valence-corrected chi connectivity index (χ0v) is 12.0. The molecule has 1 atom stereocenters. The van der Waals surface area contributed by atoms with Crippen LogP contribution in [0.4, 0.5) is 8.78 Å². The third-order valence-corrected chi connectivity index (χ3v) is 2.93. The van der Waals surface area contributed by atoms with E-state index in [0.717, 1.165) is 25.2 Å². The molecular formula is C15H23F2NO2. The van der Waals surface area contributed by atoms with Crippen molar-refractivity contribution in [2.75, 3.05) is 26.3 Å². The van der Waals surface area contributed by atoms with Crippen LogP contribution in [-0.4, -0.2) is 31.4 Å². The van der Waals surface area contributed by atoms with Gasteiger partial charge in [0.05, 0.1) is 12.7 Å². The van der Waals surface area contributed by atoms with Gasteiger partial charge in [0, 0.05) is 19.7 Å². The summed E-state index contributed by atoms with van der Waals surface area (Å²) in [6, 6.07) is 3.41. The van der Waals surface area contributed by atoms with E-state index < -0.39 is 17.7 Å². The molecule has 1 unspecified atom stereocenters. The molecule has 0 aliphatic rings. The molecule has 5 heteroatoms. The Morgan fingerprint density at radius 1 is 1.20 bits per heavy atom. The topological polar surface area (TPSA) is 41.5 Å². The maximum absolute atomic E-state index is 13.0. The Bertz CT molecular complexity index is 399. The lowest BCUT2D eigenvalue weighted by Gasteiger charge is -2.13. The van der Waals surface area contributed by atoms with Crippen LogP contribution < -0.4 is 5.32 Å². The molecule has 1 aromatic carbocycles. The van der Waals surface area contributed by atoms with Crippen molar-refractivity contribution in [3.05, 3.63) is 35.4 Å². The molecule has 0 aliphatic heterocycles. The Labute approximate surface area is 119 Å². The first-order valence-electron chi connectivity index (χ1n) is 6.92. The molecule has 0 saturated heterocycles. The number of hydrogen-bond donors (Lipinski definition) is 2. The molecule has 114 valence electrons. The van der Waals surface area contributed by atoms with E-state index in [1.807, 2.05) is 0 Å². The van der Waals surface area contributed by atoms with E-state index in [0.29, 0.717) is 24.6 Å². The average molecular weight is 287 g/mol. The molecule has 0 fully saturated rings. The van der Waals surface area contributed by atoms with Gasteiger partial charge >= 0.3 is 0 Å². The van der Waals surface area contributed by atoms with Gasteiger partial charge in [-0.25, -0.2) is 8.78 Å². The summed E-state index contributed by atoms with van der Waals surface area (Å²) in [5, 5.41) is 12.8. The van der Waals surface area contributed by atoms with Crippen molar-refractivity contribution in [2.45, 2.75) is 26.4 Å². The molecule has 0 aliphatic carbocycles. The maximum atomic E-state index is 13.0. The molecule has 1 rings (SSSR count). The van der Waals surface area contributed by atoms with E-state index >= 15 is 0 Å². The maximum Gasteiger partial charge on any atom is 0.159 e. The van der Waals surface area contributed by atoms with E-state index in [2.05, 4.69) is 19.2 Å². The zero-order valence-electron chi connectivity index (χ0n) is 12.0. The zero-order chi connectivity index (χ0) is 15.0. The van der Waals surface area contributed by atoms with E-state index in [9.17, 15) is 13.9 Å². The lowest BCUT2D eigenvalue weighted by molar-refractivity contribution is 0.119. The van der Waals surface area contributed by atoms with Crippen LogP contribution in [0.5, 0.6) is 0 Å². The van der Waals surface area contributed by atoms with Crippen LogP contribution in [0.1, 0.15) is 31.9 Å². The Morgan fingerprint density at radius 2 is 1.95 bits per heavy atom. The first-order chi connectivity index (χ1) is 9.50. The number of ether oxygens (including phenoxy) is 1. The Hall–Kier alpha value is -1.04. The van der Waals surface area contributed by atoms with Gasteiger partial charge in [-0.3, -0.25) is 0 Å². The molecular weight excluding hydrogens is 264 g/mol. The van der Waals surface area contributed by atoms with Crippen LogP contribution in [0, 0.1) is 17.6 Å². The van der Waals surface area contributed by atoms with E-state index in [1.165, 1.54) is 6.07 Å². The summed E-state index contributed by atoms with van der Waals surface area (Å²) in [7, 11) is 0. The molecule has 0 radical (unpaired) electrons. The predicted molar refractivity (Wildman–Crippen MR) is 74.5 cm³/mol. The lowest BCUT2D eigenvalue weighted by atomic mass is 10.1. The largest absolute Gasteiger partial charge is 0.387 e. The number of benzene rings is 1. The molecule has 1 aromatic rings. The van der Waals surface area contributed by atoms with Crippen molar-refractivity contribution in [2.24, 2.45) is 5.92 Å². The molecule has 0 aromatic heterocycles. The summed E-state index contributed by atoms with van der Waals surface area (Å²) in [5.41, 5.74) is 0.358. The van der Waals surface area contributed by atoms with Crippen LogP contribution in [0.2, 0.25) is 0 Å². The lowest BCUT2D eigenvalue weighted by Crippen LogP contribution is -2.25. The van der Waals surface area contributed by atoms with Crippen LogP contribution in [0.15, 0.2) is 18.2 Å². The van der Waals surface area contributed by atoms with Crippen molar-refractivity contribution in [3.63, 3.8) is 0 Å². The molecule has 0 bridgehead atoms. The quantitative estimate of drug-likeness (QED) is 0.686. The average Bonchev–Trinajstić information content (AvgIpc) is 2.40. The van der Waals surface area contributed by atoms with Crippen LogP contribution in [0.3, 0.4) is 0 Å². The van der Waals surface area contributed by atoms with Gasteiger partial charge in [0.1, 0.15) is 0 Å². The summed E-state index contributed by atoms with van der Waals surface area (Å²) in [4.78, 5) is 0. The second kappa shape index (κ2) is 9.00. The summed E-state index contributed by atoms with van der Waals surface area (Å²) in [5.74, 6) is -1.23. The van der Waals surface area contributed by atoms with Crippen molar-refractivity contribution in [1.29, 1.82) is 0 Å². The molecule has 0 heterocycles. The van der Waals surface area contributed by atoms with Gasteiger partial charge in [-0.1, -0.05) is 19.9 Å².